The van der Waals surface area contributed by atoms with Gasteiger partial charge in [0.25, 0.3) is 0 Å². The minimum absolute atomic E-state index is 0.689. The number of hydrogen-bond donors (Lipinski definition) is 1. The van der Waals surface area contributed by atoms with Gasteiger partial charge < -0.3 is 5.32 Å². The Labute approximate surface area is 99.9 Å². The van der Waals surface area contributed by atoms with Gasteiger partial charge in [0.1, 0.15) is 10.0 Å². The highest BCUT2D eigenvalue weighted by atomic mass is 79.9. The van der Waals surface area contributed by atoms with Crippen molar-refractivity contribution in [3.8, 4) is 0 Å². The normalized spacial score (nSPS) is 10.3. The van der Waals surface area contributed by atoms with E-state index < -0.39 is 0 Å². The Morgan fingerprint density at radius 2 is 2.33 bits per heavy atom. The van der Waals surface area contributed by atoms with E-state index in [-0.39, 0.29) is 0 Å². The molecule has 2 aromatic rings. The Morgan fingerprint density at radius 1 is 1.47 bits per heavy atom. The number of halogens is 1. The standard InChI is InChI=1S/C9H9BrN4S/c1-6-13-14-9(15-6)5-12-8-2-3-11-4-7(8)10/h2-4H,5H2,1H3,(H,11,12). The van der Waals surface area contributed by atoms with Gasteiger partial charge in [-0.15, -0.1) is 10.2 Å². The van der Waals surface area contributed by atoms with Crippen molar-refractivity contribution >= 4 is 33.0 Å². The zero-order valence-electron chi connectivity index (χ0n) is 8.07. The quantitative estimate of drug-likeness (QED) is 0.941. The van der Waals surface area contributed by atoms with Crippen LogP contribution in [0.15, 0.2) is 22.9 Å². The number of nitrogens with zero attached hydrogens (tertiary/aromatic N) is 3. The lowest BCUT2D eigenvalue weighted by molar-refractivity contribution is 0.970. The fourth-order valence-corrected chi connectivity index (χ4v) is 2.14. The maximum Gasteiger partial charge on any atom is 0.136 e. The van der Waals surface area contributed by atoms with Gasteiger partial charge in [-0.05, 0) is 28.9 Å². The Balaban J connectivity index is 2.02. The summed E-state index contributed by atoms with van der Waals surface area (Å²) in [6.07, 6.45) is 3.51. The number of aromatic nitrogens is 3. The zero-order valence-corrected chi connectivity index (χ0v) is 10.5. The number of anilines is 1. The van der Waals surface area contributed by atoms with Crippen LogP contribution in [0.3, 0.4) is 0 Å². The highest BCUT2D eigenvalue weighted by Gasteiger charge is 2.02. The van der Waals surface area contributed by atoms with Crippen molar-refractivity contribution in [2.45, 2.75) is 13.5 Å². The third-order valence-corrected chi connectivity index (χ3v) is 3.24. The second-order valence-electron chi connectivity index (χ2n) is 2.92. The summed E-state index contributed by atoms with van der Waals surface area (Å²) < 4.78 is 0.950. The van der Waals surface area contributed by atoms with E-state index >= 15 is 0 Å². The Morgan fingerprint density at radius 3 is 3.00 bits per heavy atom. The van der Waals surface area contributed by atoms with Crippen LogP contribution in [-0.4, -0.2) is 15.2 Å². The molecule has 0 aliphatic heterocycles. The molecule has 0 radical (unpaired) electrons. The van der Waals surface area contributed by atoms with E-state index in [1.54, 1.807) is 23.7 Å². The molecule has 2 rings (SSSR count). The van der Waals surface area contributed by atoms with Gasteiger partial charge >= 0.3 is 0 Å². The van der Waals surface area contributed by atoms with Crippen molar-refractivity contribution in [1.82, 2.24) is 15.2 Å². The van der Waals surface area contributed by atoms with Crippen LogP contribution in [-0.2, 0) is 6.54 Å². The predicted molar refractivity (Wildman–Crippen MR) is 63.9 cm³/mol. The lowest BCUT2D eigenvalue weighted by Crippen LogP contribution is -1.99. The van der Waals surface area contributed by atoms with Crippen LogP contribution >= 0.6 is 27.3 Å². The molecule has 6 heteroatoms. The molecule has 0 fully saturated rings. The summed E-state index contributed by atoms with van der Waals surface area (Å²) >= 11 is 5.01. The van der Waals surface area contributed by atoms with Gasteiger partial charge in [-0.3, -0.25) is 4.98 Å². The van der Waals surface area contributed by atoms with E-state index in [0.717, 1.165) is 20.2 Å². The Kier molecular flexibility index (Phi) is 3.27. The SMILES string of the molecule is Cc1nnc(CNc2ccncc2Br)s1. The summed E-state index contributed by atoms with van der Waals surface area (Å²) in [5.41, 5.74) is 1.01. The first kappa shape index (κ1) is 10.5. The van der Waals surface area contributed by atoms with Gasteiger partial charge in [-0.25, -0.2) is 0 Å². The van der Waals surface area contributed by atoms with E-state index in [2.05, 4.69) is 36.4 Å². The average Bonchev–Trinajstić information content (AvgIpc) is 2.63. The molecule has 2 aromatic heterocycles. The molecule has 0 aliphatic carbocycles. The molecule has 15 heavy (non-hydrogen) atoms. The molecule has 4 nitrogen and oxygen atoms in total. The van der Waals surface area contributed by atoms with Crippen molar-refractivity contribution in [2.75, 3.05) is 5.32 Å². The molecule has 0 aliphatic rings. The molecule has 0 spiro atoms. The number of pyridine rings is 1. The van der Waals surface area contributed by atoms with Crippen molar-refractivity contribution in [2.24, 2.45) is 0 Å². The molecule has 0 unspecified atom stereocenters. The summed E-state index contributed by atoms with van der Waals surface area (Å²) in [5, 5.41) is 13.2. The van der Waals surface area contributed by atoms with Gasteiger partial charge in [-0.2, -0.15) is 0 Å². The van der Waals surface area contributed by atoms with E-state index in [1.807, 2.05) is 13.0 Å². The molecule has 1 N–H and O–H groups in total. The molecule has 0 amide bonds. The lowest BCUT2D eigenvalue weighted by Gasteiger charge is -2.04. The first-order valence-corrected chi connectivity index (χ1v) is 5.99. The highest BCUT2D eigenvalue weighted by Crippen LogP contribution is 2.21. The van der Waals surface area contributed by atoms with Crippen LogP contribution in [0.25, 0.3) is 0 Å². The van der Waals surface area contributed by atoms with Gasteiger partial charge in [-0.1, -0.05) is 11.3 Å². The van der Waals surface area contributed by atoms with E-state index in [0.29, 0.717) is 6.54 Å². The highest BCUT2D eigenvalue weighted by molar-refractivity contribution is 9.10. The number of rotatable bonds is 3. The lowest BCUT2D eigenvalue weighted by atomic mass is 10.4. The van der Waals surface area contributed by atoms with Crippen molar-refractivity contribution in [3.63, 3.8) is 0 Å². The van der Waals surface area contributed by atoms with E-state index in [4.69, 9.17) is 0 Å². The number of nitrogens with one attached hydrogen (secondary N) is 1. The molecule has 2 heterocycles. The second kappa shape index (κ2) is 4.67. The molecule has 78 valence electrons. The summed E-state index contributed by atoms with van der Waals surface area (Å²) in [7, 11) is 0. The van der Waals surface area contributed by atoms with Crippen LogP contribution < -0.4 is 5.32 Å². The smallest absolute Gasteiger partial charge is 0.136 e. The summed E-state index contributed by atoms with van der Waals surface area (Å²) in [4.78, 5) is 3.99. The fraction of sp³-hybridized carbons (Fsp3) is 0.222. The summed E-state index contributed by atoms with van der Waals surface area (Å²) in [6.45, 7) is 2.64. The summed E-state index contributed by atoms with van der Waals surface area (Å²) in [6, 6.07) is 1.91. The summed E-state index contributed by atoms with van der Waals surface area (Å²) in [5.74, 6) is 0. The van der Waals surface area contributed by atoms with Gasteiger partial charge in [0.2, 0.25) is 0 Å². The second-order valence-corrected chi connectivity index (χ2v) is 5.04. The van der Waals surface area contributed by atoms with Crippen LogP contribution in [0.4, 0.5) is 5.69 Å². The predicted octanol–water partition coefficient (Wildman–Crippen LogP) is 2.62. The Hall–Kier alpha value is -1.01. The number of hydrogen-bond acceptors (Lipinski definition) is 5. The largest absolute Gasteiger partial charge is 0.377 e. The van der Waals surface area contributed by atoms with E-state index in [9.17, 15) is 0 Å². The monoisotopic (exact) mass is 284 g/mol. The van der Waals surface area contributed by atoms with Crippen LogP contribution in [0.2, 0.25) is 0 Å². The first-order valence-electron chi connectivity index (χ1n) is 4.38. The van der Waals surface area contributed by atoms with Gasteiger partial charge in [0, 0.05) is 12.4 Å². The fourth-order valence-electron chi connectivity index (χ4n) is 1.10. The zero-order chi connectivity index (χ0) is 10.7. The van der Waals surface area contributed by atoms with Gasteiger partial charge in [0.05, 0.1) is 16.7 Å². The van der Waals surface area contributed by atoms with Crippen molar-refractivity contribution in [3.05, 3.63) is 32.9 Å². The minimum Gasteiger partial charge on any atom is -0.377 e. The number of aryl methyl sites for hydroxylation is 1. The molecule has 0 saturated carbocycles. The van der Waals surface area contributed by atoms with Gasteiger partial charge in [0.15, 0.2) is 0 Å². The first-order chi connectivity index (χ1) is 7.25. The minimum atomic E-state index is 0.689. The average molecular weight is 285 g/mol. The molecule has 0 saturated heterocycles. The third kappa shape index (κ3) is 2.73. The topological polar surface area (TPSA) is 50.7 Å². The van der Waals surface area contributed by atoms with Crippen molar-refractivity contribution in [1.29, 1.82) is 0 Å². The molecule has 0 bridgehead atoms. The molecule has 0 atom stereocenters. The van der Waals surface area contributed by atoms with E-state index in [1.165, 1.54) is 0 Å². The maximum absolute atomic E-state index is 4.04. The molecular formula is C9H9BrN4S. The maximum atomic E-state index is 4.04. The van der Waals surface area contributed by atoms with Crippen LogP contribution in [0.1, 0.15) is 10.0 Å². The van der Waals surface area contributed by atoms with Crippen LogP contribution in [0.5, 0.6) is 0 Å². The molecular weight excluding hydrogens is 276 g/mol. The van der Waals surface area contributed by atoms with Crippen LogP contribution in [0, 0.1) is 6.92 Å². The molecule has 0 aromatic carbocycles. The third-order valence-electron chi connectivity index (χ3n) is 1.77. The van der Waals surface area contributed by atoms with Crippen molar-refractivity contribution < 1.29 is 0 Å². The Bertz CT molecular complexity index is 457.